The molecule has 0 aliphatic carbocycles. The molecule has 0 saturated heterocycles. The maximum Gasteiger partial charge on any atom is 0.356 e. The number of methoxy groups -OCH3 is 2. The van der Waals surface area contributed by atoms with Crippen LogP contribution in [0.1, 0.15) is 38.1 Å². The smallest absolute Gasteiger partial charge is 0.356 e. The number of ether oxygens (including phenoxy) is 3. The largest absolute Gasteiger partial charge is 0.465 e. The van der Waals surface area contributed by atoms with Gasteiger partial charge in [-0.15, -0.1) is 0 Å². The molecule has 1 aromatic heterocycles. The van der Waals surface area contributed by atoms with Crippen LogP contribution >= 0.6 is 0 Å². The fraction of sp³-hybridized carbons (Fsp3) is 0.333. The van der Waals surface area contributed by atoms with Crippen molar-refractivity contribution in [2.45, 2.75) is 6.92 Å². The van der Waals surface area contributed by atoms with E-state index in [0.29, 0.717) is 0 Å². The van der Waals surface area contributed by atoms with Crippen LogP contribution in [0.25, 0.3) is 0 Å². The molecule has 0 radical (unpaired) electrons. The van der Waals surface area contributed by atoms with Crippen molar-refractivity contribution in [1.29, 1.82) is 0 Å². The summed E-state index contributed by atoms with van der Waals surface area (Å²) in [5.41, 5.74) is -0.268. The number of rotatable bonds is 4. The van der Waals surface area contributed by atoms with Crippen LogP contribution in [0.5, 0.6) is 0 Å². The topological polar surface area (TPSA) is 91.8 Å². The van der Waals surface area contributed by atoms with E-state index in [4.69, 9.17) is 4.74 Å². The average molecular weight is 267 g/mol. The molecule has 0 aliphatic heterocycles. The van der Waals surface area contributed by atoms with Crippen LogP contribution in [0.4, 0.5) is 0 Å². The van der Waals surface area contributed by atoms with Gasteiger partial charge in [0.1, 0.15) is 5.69 Å². The Kier molecular flexibility index (Phi) is 4.99. The Hall–Kier alpha value is -2.44. The number of carbonyl (C=O) groups is 3. The molecule has 0 atom stereocenters. The van der Waals surface area contributed by atoms with Gasteiger partial charge in [0.05, 0.1) is 32.0 Å². The predicted octanol–water partition coefficient (Wildman–Crippen LogP) is 0.832. The summed E-state index contributed by atoms with van der Waals surface area (Å²) in [7, 11) is 2.35. The van der Waals surface area contributed by atoms with Gasteiger partial charge in [0.15, 0.2) is 0 Å². The van der Waals surface area contributed by atoms with Crippen molar-refractivity contribution in [2.24, 2.45) is 0 Å². The number of esters is 3. The SMILES string of the molecule is CCOC(=O)c1cc(C(=O)OC)ncc1C(=O)OC. The summed E-state index contributed by atoms with van der Waals surface area (Å²) in [6.07, 6.45) is 1.07. The highest BCUT2D eigenvalue weighted by molar-refractivity contribution is 6.04. The summed E-state index contributed by atoms with van der Waals surface area (Å²) in [5.74, 6) is -2.20. The molecule has 0 spiro atoms. The van der Waals surface area contributed by atoms with Gasteiger partial charge in [0.25, 0.3) is 0 Å². The first-order chi connectivity index (χ1) is 9.04. The number of carbonyl (C=O) groups excluding carboxylic acids is 3. The van der Waals surface area contributed by atoms with Gasteiger partial charge in [0, 0.05) is 6.20 Å². The van der Waals surface area contributed by atoms with Crippen molar-refractivity contribution in [2.75, 3.05) is 20.8 Å². The number of aromatic nitrogens is 1. The molecule has 0 aliphatic rings. The Bertz CT molecular complexity index is 511. The lowest BCUT2D eigenvalue weighted by Gasteiger charge is -2.08. The van der Waals surface area contributed by atoms with Gasteiger partial charge in [-0.2, -0.15) is 0 Å². The minimum absolute atomic E-state index is 0.0754. The van der Waals surface area contributed by atoms with E-state index in [1.54, 1.807) is 6.92 Å². The second-order valence-corrected chi connectivity index (χ2v) is 3.32. The predicted molar refractivity (Wildman–Crippen MR) is 62.9 cm³/mol. The van der Waals surface area contributed by atoms with Crippen LogP contribution in [0.15, 0.2) is 12.3 Å². The summed E-state index contributed by atoms with van der Waals surface area (Å²) in [5, 5.41) is 0. The molecule has 19 heavy (non-hydrogen) atoms. The Balaban J connectivity index is 3.29. The quantitative estimate of drug-likeness (QED) is 0.589. The monoisotopic (exact) mass is 267 g/mol. The zero-order chi connectivity index (χ0) is 14.4. The van der Waals surface area contributed by atoms with Crippen LogP contribution in [0.3, 0.4) is 0 Å². The van der Waals surface area contributed by atoms with E-state index < -0.39 is 17.9 Å². The summed E-state index contributed by atoms with van der Waals surface area (Å²) >= 11 is 0. The Morgan fingerprint density at radius 3 is 2.21 bits per heavy atom. The van der Waals surface area contributed by atoms with Crippen LogP contribution in [-0.4, -0.2) is 43.7 Å². The molecule has 0 aromatic carbocycles. The van der Waals surface area contributed by atoms with Gasteiger partial charge in [-0.05, 0) is 13.0 Å². The third-order valence-corrected chi connectivity index (χ3v) is 2.20. The van der Waals surface area contributed by atoms with Crippen LogP contribution in [-0.2, 0) is 14.2 Å². The maximum atomic E-state index is 11.7. The zero-order valence-electron chi connectivity index (χ0n) is 10.8. The summed E-state index contributed by atoms with van der Waals surface area (Å²) in [6, 6.07) is 1.13. The van der Waals surface area contributed by atoms with Crippen LogP contribution in [0.2, 0.25) is 0 Å². The summed E-state index contributed by atoms with van der Waals surface area (Å²) < 4.78 is 13.8. The molecule has 7 heteroatoms. The van der Waals surface area contributed by atoms with E-state index >= 15 is 0 Å². The highest BCUT2D eigenvalue weighted by Gasteiger charge is 2.22. The molecular formula is C12H13NO6. The normalized spacial score (nSPS) is 9.63. The number of pyridine rings is 1. The molecule has 0 fully saturated rings. The fourth-order valence-electron chi connectivity index (χ4n) is 1.32. The van der Waals surface area contributed by atoms with Gasteiger partial charge in [0.2, 0.25) is 0 Å². The lowest BCUT2D eigenvalue weighted by atomic mass is 10.1. The average Bonchev–Trinajstić information content (AvgIpc) is 2.45. The Labute approximate surface area is 109 Å². The van der Waals surface area contributed by atoms with E-state index in [1.165, 1.54) is 14.2 Å². The molecule has 0 N–H and O–H groups in total. The van der Waals surface area contributed by atoms with E-state index in [-0.39, 0.29) is 23.4 Å². The van der Waals surface area contributed by atoms with E-state index in [0.717, 1.165) is 12.3 Å². The molecule has 0 amide bonds. The van der Waals surface area contributed by atoms with Gasteiger partial charge >= 0.3 is 17.9 Å². The molecule has 0 unspecified atom stereocenters. The highest BCUT2D eigenvalue weighted by Crippen LogP contribution is 2.13. The zero-order valence-corrected chi connectivity index (χ0v) is 10.8. The number of nitrogens with zero attached hydrogens (tertiary/aromatic N) is 1. The first kappa shape index (κ1) is 14.6. The van der Waals surface area contributed by atoms with Gasteiger partial charge in [-0.25, -0.2) is 19.4 Å². The molecule has 1 rings (SSSR count). The van der Waals surface area contributed by atoms with Crippen molar-refractivity contribution >= 4 is 17.9 Å². The van der Waals surface area contributed by atoms with E-state index in [9.17, 15) is 14.4 Å². The van der Waals surface area contributed by atoms with Crippen molar-refractivity contribution in [1.82, 2.24) is 4.98 Å². The standard InChI is InChI=1S/C12H13NO6/c1-4-19-11(15)7-5-9(12(16)18-3)13-6-8(7)10(14)17-2/h5-6H,4H2,1-3H3. The van der Waals surface area contributed by atoms with Crippen molar-refractivity contribution < 1.29 is 28.6 Å². The summed E-state index contributed by atoms with van der Waals surface area (Å²) in [6.45, 7) is 1.76. The van der Waals surface area contributed by atoms with Gasteiger partial charge in [-0.1, -0.05) is 0 Å². The molecule has 0 saturated carbocycles. The number of hydrogen-bond donors (Lipinski definition) is 0. The lowest BCUT2D eigenvalue weighted by Crippen LogP contribution is -2.16. The van der Waals surface area contributed by atoms with E-state index in [2.05, 4.69) is 14.5 Å². The molecule has 102 valence electrons. The third-order valence-electron chi connectivity index (χ3n) is 2.20. The van der Waals surface area contributed by atoms with Crippen LogP contribution in [0, 0.1) is 0 Å². The minimum atomic E-state index is -0.744. The minimum Gasteiger partial charge on any atom is -0.465 e. The van der Waals surface area contributed by atoms with Gasteiger partial charge < -0.3 is 14.2 Å². The molecular weight excluding hydrogens is 254 g/mol. The van der Waals surface area contributed by atoms with Crippen molar-refractivity contribution in [3.05, 3.63) is 29.1 Å². The third kappa shape index (κ3) is 3.27. The Morgan fingerprint density at radius 2 is 1.68 bits per heavy atom. The molecule has 1 heterocycles. The van der Waals surface area contributed by atoms with Gasteiger partial charge in [-0.3, -0.25) is 0 Å². The van der Waals surface area contributed by atoms with Crippen LogP contribution < -0.4 is 0 Å². The second-order valence-electron chi connectivity index (χ2n) is 3.32. The second kappa shape index (κ2) is 6.48. The fourth-order valence-corrected chi connectivity index (χ4v) is 1.32. The maximum absolute atomic E-state index is 11.7. The molecule has 1 aromatic rings. The summed E-state index contributed by atoms with van der Waals surface area (Å²) in [4.78, 5) is 38.3. The number of hydrogen-bond acceptors (Lipinski definition) is 7. The molecule has 7 nitrogen and oxygen atoms in total. The van der Waals surface area contributed by atoms with E-state index in [1.807, 2.05) is 0 Å². The first-order valence-corrected chi connectivity index (χ1v) is 5.38. The van der Waals surface area contributed by atoms with Crippen molar-refractivity contribution in [3.63, 3.8) is 0 Å². The first-order valence-electron chi connectivity index (χ1n) is 5.38. The lowest BCUT2D eigenvalue weighted by molar-refractivity contribution is 0.0502. The highest BCUT2D eigenvalue weighted by atomic mass is 16.5. The van der Waals surface area contributed by atoms with Crippen molar-refractivity contribution in [3.8, 4) is 0 Å². The Morgan fingerprint density at radius 1 is 1.05 bits per heavy atom. The molecule has 0 bridgehead atoms.